The topological polar surface area (TPSA) is 110 Å². The van der Waals surface area contributed by atoms with E-state index in [1.54, 1.807) is 19.1 Å². The Morgan fingerprint density at radius 3 is 2.38 bits per heavy atom. The van der Waals surface area contributed by atoms with Gasteiger partial charge >= 0.3 is 6.18 Å². The van der Waals surface area contributed by atoms with Gasteiger partial charge in [0, 0.05) is 25.1 Å². The molecule has 0 atom stereocenters. The molecule has 1 fully saturated rings. The van der Waals surface area contributed by atoms with Crippen LogP contribution in [0.4, 0.5) is 24.5 Å². The number of alkyl halides is 3. The van der Waals surface area contributed by atoms with Crippen LogP contribution in [0.1, 0.15) is 24.0 Å². The summed E-state index contributed by atoms with van der Waals surface area (Å²) >= 11 is 0. The first kappa shape index (κ1) is 23.5. The number of nitro groups is 1. The molecule has 1 N–H and O–H groups in total. The highest BCUT2D eigenvalue weighted by Crippen LogP contribution is 2.37. The van der Waals surface area contributed by atoms with Crippen LogP contribution in [0.15, 0.2) is 47.4 Å². The normalized spacial score (nSPS) is 15.4. The summed E-state index contributed by atoms with van der Waals surface area (Å²) in [4.78, 5) is 24.4. The molecule has 0 radical (unpaired) electrons. The van der Waals surface area contributed by atoms with Crippen molar-refractivity contribution >= 4 is 27.3 Å². The van der Waals surface area contributed by atoms with Gasteiger partial charge in [0.15, 0.2) is 0 Å². The Balaban J connectivity index is 1.70. The fourth-order valence-corrected chi connectivity index (χ4v) is 4.70. The molecule has 1 saturated heterocycles. The van der Waals surface area contributed by atoms with E-state index in [4.69, 9.17) is 0 Å². The highest BCUT2D eigenvalue weighted by molar-refractivity contribution is 7.90. The van der Waals surface area contributed by atoms with Gasteiger partial charge in [0.2, 0.25) is 5.91 Å². The third kappa shape index (κ3) is 5.18. The first-order chi connectivity index (χ1) is 14.9. The van der Waals surface area contributed by atoms with Crippen LogP contribution in [0.3, 0.4) is 0 Å². The molecule has 8 nitrogen and oxygen atoms in total. The molecule has 3 rings (SSSR count). The number of aryl methyl sites for hydroxylation is 1. The Morgan fingerprint density at radius 1 is 1.16 bits per heavy atom. The minimum atomic E-state index is -4.71. The van der Waals surface area contributed by atoms with Crippen LogP contribution in [0.2, 0.25) is 0 Å². The molecule has 172 valence electrons. The number of sulfonamides is 1. The van der Waals surface area contributed by atoms with Crippen molar-refractivity contribution in [1.82, 2.24) is 4.72 Å². The number of hydrogen-bond donors (Lipinski definition) is 1. The number of anilines is 1. The van der Waals surface area contributed by atoms with Gasteiger partial charge in [-0.2, -0.15) is 13.2 Å². The Kier molecular flexibility index (Phi) is 6.44. The Hall–Kier alpha value is -3.15. The molecular formula is C20H20F3N3O5S. The molecule has 1 aliphatic heterocycles. The van der Waals surface area contributed by atoms with Crippen molar-refractivity contribution in [2.24, 2.45) is 5.92 Å². The lowest BCUT2D eigenvalue weighted by molar-refractivity contribution is -0.384. The summed E-state index contributed by atoms with van der Waals surface area (Å²) in [6.07, 6.45) is -4.34. The van der Waals surface area contributed by atoms with Crippen LogP contribution in [0, 0.1) is 23.0 Å². The van der Waals surface area contributed by atoms with Gasteiger partial charge in [-0.25, -0.2) is 13.1 Å². The molecule has 0 aromatic heterocycles. The number of benzene rings is 2. The lowest BCUT2D eigenvalue weighted by Gasteiger charge is -2.32. The SMILES string of the molecule is Cc1cccc(S(=O)(=O)NC(=O)C2CCN(c3ccc(C(F)(F)F)cc3[N+](=O)[O-])CC2)c1. The van der Waals surface area contributed by atoms with E-state index >= 15 is 0 Å². The quantitative estimate of drug-likeness (QED) is 0.527. The zero-order valence-corrected chi connectivity index (χ0v) is 17.7. The van der Waals surface area contributed by atoms with Crippen LogP contribution < -0.4 is 9.62 Å². The maximum atomic E-state index is 12.9. The molecular weight excluding hydrogens is 451 g/mol. The third-order valence-corrected chi connectivity index (χ3v) is 6.59. The number of amides is 1. The molecule has 12 heteroatoms. The molecule has 0 unspecified atom stereocenters. The third-order valence-electron chi connectivity index (χ3n) is 5.24. The van der Waals surface area contributed by atoms with Crippen molar-refractivity contribution in [2.45, 2.75) is 30.8 Å². The minimum absolute atomic E-state index is 0.0224. The fourth-order valence-electron chi connectivity index (χ4n) is 3.55. The lowest BCUT2D eigenvalue weighted by Crippen LogP contribution is -2.42. The maximum Gasteiger partial charge on any atom is 0.416 e. The molecule has 0 bridgehead atoms. The first-order valence-corrected chi connectivity index (χ1v) is 11.1. The number of nitro benzene ring substituents is 1. The summed E-state index contributed by atoms with van der Waals surface area (Å²) in [7, 11) is -4.04. The number of nitrogens with one attached hydrogen (secondary N) is 1. The van der Waals surface area contributed by atoms with Gasteiger partial charge < -0.3 is 4.90 Å². The van der Waals surface area contributed by atoms with Crippen molar-refractivity contribution in [2.75, 3.05) is 18.0 Å². The molecule has 0 aliphatic carbocycles. The van der Waals surface area contributed by atoms with Crippen LogP contribution in [-0.2, 0) is 21.0 Å². The lowest BCUT2D eigenvalue weighted by atomic mass is 9.95. The van der Waals surface area contributed by atoms with Gasteiger partial charge in [-0.05, 0) is 49.6 Å². The molecule has 1 heterocycles. The summed E-state index contributed by atoms with van der Waals surface area (Å²) < 4.78 is 65.6. The van der Waals surface area contributed by atoms with Crippen LogP contribution >= 0.6 is 0 Å². The standard InChI is InChI=1S/C20H20F3N3O5S/c1-13-3-2-4-16(11-13)32(30,31)24-19(27)14-7-9-25(10-8-14)17-6-5-15(20(21,22)23)12-18(17)26(28)29/h2-6,11-12,14H,7-10H2,1H3,(H,24,27). The summed E-state index contributed by atoms with van der Waals surface area (Å²) in [5.74, 6) is -1.34. The largest absolute Gasteiger partial charge is 0.416 e. The Labute approximate surface area is 182 Å². The van der Waals surface area contributed by atoms with E-state index in [1.165, 1.54) is 17.0 Å². The summed E-state index contributed by atoms with van der Waals surface area (Å²) in [5.41, 5.74) is -1.06. The first-order valence-electron chi connectivity index (χ1n) is 9.62. The number of piperidine rings is 1. The van der Waals surface area contributed by atoms with E-state index in [2.05, 4.69) is 4.72 Å². The van der Waals surface area contributed by atoms with Crippen LogP contribution in [0.25, 0.3) is 0 Å². The molecule has 0 saturated carbocycles. The molecule has 2 aromatic carbocycles. The van der Waals surface area contributed by atoms with E-state index in [-0.39, 0.29) is 36.5 Å². The van der Waals surface area contributed by atoms with Crippen LogP contribution in [-0.4, -0.2) is 32.3 Å². The number of carbonyl (C=O) groups excluding carboxylic acids is 1. The molecule has 0 spiro atoms. The number of nitrogens with zero attached hydrogens (tertiary/aromatic N) is 2. The second kappa shape index (κ2) is 8.77. The minimum Gasteiger partial charge on any atom is -0.366 e. The number of hydrogen-bond acceptors (Lipinski definition) is 6. The smallest absolute Gasteiger partial charge is 0.366 e. The summed E-state index contributed by atoms with van der Waals surface area (Å²) in [5, 5.41) is 11.3. The van der Waals surface area contributed by atoms with Crippen molar-refractivity contribution in [3.05, 3.63) is 63.7 Å². The average Bonchev–Trinajstić information content (AvgIpc) is 2.72. The fraction of sp³-hybridized carbons (Fsp3) is 0.350. The highest BCUT2D eigenvalue weighted by atomic mass is 32.2. The second-order valence-electron chi connectivity index (χ2n) is 7.51. The average molecular weight is 471 g/mol. The second-order valence-corrected chi connectivity index (χ2v) is 9.19. The molecule has 32 heavy (non-hydrogen) atoms. The predicted molar refractivity (Wildman–Crippen MR) is 110 cm³/mol. The zero-order chi connectivity index (χ0) is 23.7. The maximum absolute atomic E-state index is 12.9. The predicted octanol–water partition coefficient (Wildman–Crippen LogP) is 3.64. The van der Waals surface area contributed by atoms with E-state index in [0.717, 1.165) is 12.1 Å². The van der Waals surface area contributed by atoms with Gasteiger partial charge in [0.1, 0.15) is 5.69 Å². The Morgan fingerprint density at radius 2 is 1.81 bits per heavy atom. The summed E-state index contributed by atoms with van der Waals surface area (Å²) in [6, 6.07) is 8.39. The molecule has 2 aromatic rings. The van der Waals surface area contributed by atoms with Crippen LogP contribution in [0.5, 0.6) is 0 Å². The van der Waals surface area contributed by atoms with E-state index < -0.39 is 44.2 Å². The number of rotatable bonds is 5. The van der Waals surface area contributed by atoms with E-state index in [1.807, 2.05) is 0 Å². The van der Waals surface area contributed by atoms with Crippen molar-refractivity contribution in [1.29, 1.82) is 0 Å². The van der Waals surface area contributed by atoms with Gasteiger partial charge in [0.05, 0.1) is 15.4 Å². The van der Waals surface area contributed by atoms with Crippen molar-refractivity contribution in [3.63, 3.8) is 0 Å². The van der Waals surface area contributed by atoms with Crippen molar-refractivity contribution < 1.29 is 31.3 Å². The number of carbonyl (C=O) groups is 1. The molecule has 1 amide bonds. The van der Waals surface area contributed by atoms with Gasteiger partial charge in [-0.1, -0.05) is 12.1 Å². The highest BCUT2D eigenvalue weighted by Gasteiger charge is 2.35. The van der Waals surface area contributed by atoms with Crippen molar-refractivity contribution in [3.8, 4) is 0 Å². The summed E-state index contributed by atoms with van der Waals surface area (Å²) in [6.45, 7) is 2.01. The van der Waals surface area contributed by atoms with Gasteiger partial charge in [-0.3, -0.25) is 14.9 Å². The Bertz CT molecular complexity index is 1140. The van der Waals surface area contributed by atoms with E-state index in [9.17, 15) is 36.5 Å². The van der Waals surface area contributed by atoms with Gasteiger partial charge in [-0.15, -0.1) is 0 Å². The zero-order valence-electron chi connectivity index (χ0n) is 16.9. The molecule has 1 aliphatic rings. The number of halogens is 3. The van der Waals surface area contributed by atoms with E-state index in [0.29, 0.717) is 11.6 Å². The monoisotopic (exact) mass is 471 g/mol. The van der Waals surface area contributed by atoms with Gasteiger partial charge in [0.25, 0.3) is 15.7 Å².